The van der Waals surface area contributed by atoms with E-state index in [1.54, 1.807) is 0 Å². The molecule has 0 aromatic heterocycles. The van der Waals surface area contributed by atoms with Crippen LogP contribution in [0.15, 0.2) is 109 Å². The van der Waals surface area contributed by atoms with E-state index in [-0.39, 0.29) is 51.6 Å². The lowest BCUT2D eigenvalue weighted by Gasteiger charge is -1.88. The smallest absolute Gasteiger partial charge is 0.330 e. The maximum atomic E-state index is 9.60. The average Bonchev–Trinajstić information content (AvgIpc) is 2.88. The van der Waals surface area contributed by atoms with E-state index < -0.39 is 5.97 Å². The maximum absolute atomic E-state index is 9.60. The highest BCUT2D eigenvalue weighted by Gasteiger charge is 1.90. The zero-order valence-corrected chi connectivity index (χ0v) is 20.4. The van der Waals surface area contributed by atoms with Gasteiger partial charge >= 0.3 is 5.97 Å². The number of hydrogen-bond donors (Lipinski definition) is 9. The summed E-state index contributed by atoms with van der Waals surface area (Å²) in [5.74, 6) is 0.419. The van der Waals surface area contributed by atoms with Crippen LogP contribution in [0.3, 0.4) is 0 Å². The van der Waals surface area contributed by atoms with E-state index in [1.807, 2.05) is 0 Å². The van der Waals surface area contributed by atoms with Crippen molar-refractivity contribution < 1.29 is 50.8 Å². The van der Waals surface area contributed by atoms with Gasteiger partial charge in [0.1, 0.15) is 46.0 Å². The molecule has 0 saturated carbocycles. The number of carbonyl (C=O) groups is 1. The highest BCUT2D eigenvalue weighted by molar-refractivity contribution is 5.84. The van der Waals surface area contributed by atoms with Crippen molar-refractivity contribution in [2.24, 2.45) is 0 Å². The zero-order chi connectivity index (χ0) is 29.1. The first-order chi connectivity index (χ1) is 17.8. The number of rotatable bonds is 1. The zero-order valence-electron chi connectivity index (χ0n) is 20.4. The molecule has 4 aromatic carbocycles. The Balaban J connectivity index is 0.000000452. The molecule has 0 fully saturated rings. The third-order valence-corrected chi connectivity index (χ3v) is 3.76. The number of phenolic OH excluding ortho intramolecular Hbond substituents is 8. The van der Waals surface area contributed by atoms with E-state index in [4.69, 9.17) is 46.0 Å². The lowest BCUT2D eigenvalue weighted by molar-refractivity contribution is -0.132. The first kappa shape index (κ1) is 32.5. The van der Waals surface area contributed by atoms with Gasteiger partial charge in [0.15, 0.2) is 0 Å². The topological polar surface area (TPSA) is 199 Å². The summed E-state index contributed by atoms with van der Waals surface area (Å²) in [4.78, 5) is 9.60. The maximum Gasteiger partial charge on any atom is 0.330 e. The Hall–Kier alpha value is -5.51. The Kier molecular flexibility index (Phi) is 15.3. The molecule has 4 aromatic rings. The van der Waals surface area contributed by atoms with Gasteiger partial charge in [-0.25, -0.2) is 4.79 Å². The van der Waals surface area contributed by atoms with Gasteiger partial charge in [0.05, 0.1) is 0 Å². The van der Waals surface area contributed by atoms with Gasteiger partial charge in [-0.05, 0) is 104 Å². The Morgan fingerprint density at radius 2 is 0.500 bits per heavy atom. The van der Waals surface area contributed by atoms with E-state index in [0.29, 0.717) is 0 Å². The molecular formula is C28H30O10. The van der Waals surface area contributed by atoms with Gasteiger partial charge in [-0.1, -0.05) is 6.58 Å². The summed E-state index contributed by atoms with van der Waals surface area (Å²) in [6.45, 7) is 4.60. The lowest BCUT2D eigenvalue weighted by Crippen LogP contribution is -1.92. The third-order valence-electron chi connectivity index (χ3n) is 3.76. The summed E-state index contributed by atoms with van der Waals surface area (Å²) in [6, 6.07) is 22.8. The second kappa shape index (κ2) is 17.9. The van der Waals surface area contributed by atoms with Gasteiger partial charge in [-0.3, -0.25) is 0 Å². The molecule has 0 unspecified atom stereocenters. The molecular weight excluding hydrogens is 496 g/mol. The molecule has 0 radical (unpaired) electrons. The van der Waals surface area contributed by atoms with E-state index in [9.17, 15) is 4.79 Å². The van der Waals surface area contributed by atoms with Crippen LogP contribution in [0.2, 0.25) is 0 Å². The number of phenols is 8. The van der Waals surface area contributed by atoms with Gasteiger partial charge in [-0.15, -0.1) is 0 Å². The van der Waals surface area contributed by atoms with Crippen LogP contribution in [-0.4, -0.2) is 51.9 Å². The minimum absolute atomic E-state index is 0.169. The molecule has 0 heterocycles. The number of carboxylic acid groups (broad SMARTS) is 1. The van der Waals surface area contributed by atoms with Crippen molar-refractivity contribution in [1.82, 2.24) is 0 Å². The van der Waals surface area contributed by atoms with Gasteiger partial charge < -0.3 is 46.0 Å². The molecule has 9 N–H and O–H groups in total. The fraction of sp³-hybridized carbons (Fsp3) is 0.0357. The van der Waals surface area contributed by atoms with Gasteiger partial charge in [0.2, 0.25) is 0 Å². The second-order valence-electron chi connectivity index (χ2n) is 7.15. The summed E-state index contributed by atoms with van der Waals surface area (Å²) in [5.41, 5.74) is 0.176. The Bertz CT molecular complexity index is 933. The molecule has 0 amide bonds. The first-order valence-electron chi connectivity index (χ1n) is 10.6. The molecule has 0 bridgehead atoms. The SMILES string of the molecule is C=C(C)C(=O)O.Oc1ccc(O)cc1.Oc1ccc(O)cc1.Oc1ccc(O)cc1.Oc1ccc(O)cc1. The number of aromatic hydroxyl groups is 8. The van der Waals surface area contributed by atoms with Crippen LogP contribution < -0.4 is 0 Å². The predicted octanol–water partition coefficient (Wildman–Crippen LogP) is 5.04. The highest BCUT2D eigenvalue weighted by Crippen LogP contribution is 2.15. The molecule has 202 valence electrons. The van der Waals surface area contributed by atoms with E-state index in [1.165, 1.54) is 104 Å². The Morgan fingerprint density at radius 3 is 0.553 bits per heavy atom. The van der Waals surface area contributed by atoms with Crippen LogP contribution in [0.1, 0.15) is 6.92 Å². The summed E-state index contributed by atoms with van der Waals surface area (Å²) in [6.07, 6.45) is 0. The highest BCUT2D eigenvalue weighted by atomic mass is 16.4. The molecule has 0 atom stereocenters. The van der Waals surface area contributed by atoms with Crippen molar-refractivity contribution in [2.45, 2.75) is 6.92 Å². The predicted molar refractivity (Wildman–Crippen MR) is 142 cm³/mol. The van der Waals surface area contributed by atoms with Crippen LogP contribution in [-0.2, 0) is 4.79 Å². The molecule has 0 spiro atoms. The Morgan fingerprint density at radius 1 is 0.421 bits per heavy atom. The summed E-state index contributed by atoms with van der Waals surface area (Å²) in [5, 5.41) is 77.1. The van der Waals surface area contributed by atoms with Crippen LogP contribution in [0.4, 0.5) is 0 Å². The molecule has 0 saturated heterocycles. The van der Waals surface area contributed by atoms with Crippen molar-refractivity contribution in [3.8, 4) is 46.0 Å². The third kappa shape index (κ3) is 17.9. The Labute approximate surface area is 219 Å². The molecule has 0 aliphatic heterocycles. The largest absolute Gasteiger partial charge is 0.508 e. The molecule has 38 heavy (non-hydrogen) atoms. The van der Waals surface area contributed by atoms with Crippen LogP contribution >= 0.6 is 0 Å². The molecule has 4 rings (SSSR count). The van der Waals surface area contributed by atoms with Crippen molar-refractivity contribution in [1.29, 1.82) is 0 Å². The molecule has 10 heteroatoms. The van der Waals surface area contributed by atoms with Crippen LogP contribution in [0.5, 0.6) is 46.0 Å². The van der Waals surface area contributed by atoms with Gasteiger partial charge in [0, 0.05) is 5.57 Å². The van der Waals surface area contributed by atoms with Crippen molar-refractivity contribution in [2.75, 3.05) is 0 Å². The fourth-order valence-corrected chi connectivity index (χ4v) is 1.81. The number of carboxylic acids is 1. The standard InChI is InChI=1S/4C6H6O2.C4H6O2/c4*7-5-1-2-6(8)4-3-5;1-3(2)4(5)6/h4*1-4,7-8H;1H2,2H3,(H,5,6). The van der Waals surface area contributed by atoms with Gasteiger partial charge in [-0.2, -0.15) is 0 Å². The first-order valence-corrected chi connectivity index (χ1v) is 10.6. The summed E-state index contributed by atoms with van der Waals surface area (Å²) in [7, 11) is 0. The average molecular weight is 527 g/mol. The minimum atomic E-state index is -0.935. The lowest BCUT2D eigenvalue weighted by atomic mass is 10.3. The monoisotopic (exact) mass is 526 g/mol. The van der Waals surface area contributed by atoms with Crippen LogP contribution in [0.25, 0.3) is 0 Å². The molecule has 10 nitrogen and oxygen atoms in total. The summed E-state index contributed by atoms with van der Waals surface area (Å²) < 4.78 is 0. The van der Waals surface area contributed by atoms with Crippen molar-refractivity contribution >= 4 is 5.97 Å². The normalized spacial score (nSPS) is 8.76. The number of hydrogen-bond acceptors (Lipinski definition) is 9. The summed E-state index contributed by atoms with van der Waals surface area (Å²) >= 11 is 0. The second-order valence-corrected chi connectivity index (χ2v) is 7.15. The quantitative estimate of drug-likeness (QED) is 0.120. The fourth-order valence-electron chi connectivity index (χ4n) is 1.81. The van der Waals surface area contributed by atoms with Crippen LogP contribution in [0, 0.1) is 0 Å². The van der Waals surface area contributed by atoms with Crippen molar-refractivity contribution in [3.05, 3.63) is 109 Å². The number of benzene rings is 4. The molecule has 0 aliphatic carbocycles. The molecule has 0 aliphatic rings. The minimum Gasteiger partial charge on any atom is -0.508 e. The van der Waals surface area contributed by atoms with Crippen molar-refractivity contribution in [3.63, 3.8) is 0 Å². The van der Waals surface area contributed by atoms with E-state index in [2.05, 4.69) is 6.58 Å². The number of aliphatic carboxylic acids is 1. The van der Waals surface area contributed by atoms with E-state index in [0.717, 1.165) is 0 Å². The van der Waals surface area contributed by atoms with Gasteiger partial charge in [0.25, 0.3) is 0 Å². The van der Waals surface area contributed by atoms with E-state index >= 15 is 0 Å².